The highest BCUT2D eigenvalue weighted by Crippen LogP contribution is 2.00. The third-order valence-corrected chi connectivity index (χ3v) is 4.24. The van der Waals surface area contributed by atoms with Gasteiger partial charge in [0, 0.05) is 6.61 Å². The summed E-state index contributed by atoms with van der Waals surface area (Å²) in [5.41, 5.74) is 1.17. The van der Waals surface area contributed by atoms with Crippen molar-refractivity contribution in [3.63, 3.8) is 0 Å². The Balaban J connectivity index is 1.65. The van der Waals surface area contributed by atoms with Gasteiger partial charge in [0.05, 0.1) is 85.9 Å². The molecular weight excluding hydrogens is 400 g/mol. The molecule has 31 heavy (non-hydrogen) atoms. The predicted molar refractivity (Wildman–Crippen MR) is 121 cm³/mol. The minimum absolute atomic E-state index is 0.551. The van der Waals surface area contributed by atoms with Gasteiger partial charge in [-0.3, -0.25) is 0 Å². The van der Waals surface area contributed by atoms with Crippen molar-refractivity contribution in [1.29, 1.82) is 0 Å². The smallest absolute Gasteiger partial charge is 0.0718 e. The second kappa shape index (κ2) is 23.6. The average molecular weight is 443 g/mol. The maximum Gasteiger partial charge on any atom is 0.0718 e. The van der Waals surface area contributed by atoms with Crippen LogP contribution in [0.3, 0.4) is 0 Å². The normalized spacial score (nSPS) is 11.3. The summed E-state index contributed by atoms with van der Waals surface area (Å²) < 4.78 is 38.3. The molecule has 1 aromatic rings. The number of hydrogen-bond acceptors (Lipinski definition) is 7. The van der Waals surface area contributed by atoms with E-state index in [-0.39, 0.29) is 0 Å². The van der Waals surface area contributed by atoms with Crippen molar-refractivity contribution < 1.29 is 33.2 Å². The van der Waals surface area contributed by atoms with Crippen LogP contribution in [-0.4, -0.2) is 85.9 Å². The largest absolute Gasteiger partial charge is 0.379 e. The van der Waals surface area contributed by atoms with Gasteiger partial charge in [-0.25, -0.2) is 0 Å². The number of hydrogen-bond donors (Lipinski definition) is 0. The Kier molecular flexibility index (Phi) is 21.3. The van der Waals surface area contributed by atoms with E-state index in [1.807, 2.05) is 30.3 Å². The van der Waals surface area contributed by atoms with Crippen LogP contribution in [0, 0.1) is 0 Å². The molecule has 0 aliphatic carbocycles. The maximum absolute atomic E-state index is 5.55. The van der Waals surface area contributed by atoms with E-state index in [1.54, 1.807) is 0 Å². The Labute approximate surface area is 188 Å². The van der Waals surface area contributed by atoms with E-state index in [2.05, 4.69) is 6.92 Å². The first-order valence-electron chi connectivity index (χ1n) is 11.5. The summed E-state index contributed by atoms with van der Waals surface area (Å²) in [6, 6.07) is 10.1. The second-order valence-corrected chi connectivity index (χ2v) is 6.92. The molecule has 1 rings (SSSR count). The molecule has 0 unspecified atom stereocenters. The van der Waals surface area contributed by atoms with Crippen LogP contribution in [-0.2, 0) is 39.8 Å². The fourth-order valence-electron chi connectivity index (χ4n) is 2.54. The molecule has 0 aliphatic heterocycles. The highest BCUT2D eigenvalue weighted by molar-refractivity contribution is 5.13. The van der Waals surface area contributed by atoms with E-state index in [1.165, 1.54) is 18.4 Å². The molecule has 7 heteroatoms. The third kappa shape index (κ3) is 20.6. The summed E-state index contributed by atoms with van der Waals surface area (Å²) in [6.07, 6.45) is 3.57. The lowest BCUT2D eigenvalue weighted by Gasteiger charge is -2.08. The molecule has 0 bridgehead atoms. The van der Waals surface area contributed by atoms with Crippen LogP contribution < -0.4 is 0 Å². The van der Waals surface area contributed by atoms with Crippen molar-refractivity contribution in [3.05, 3.63) is 35.9 Å². The first kappa shape index (κ1) is 28.0. The quantitative estimate of drug-likeness (QED) is 0.227. The highest BCUT2D eigenvalue weighted by atomic mass is 16.6. The molecule has 0 fully saturated rings. The summed E-state index contributed by atoms with van der Waals surface area (Å²) in [5.74, 6) is 0. The molecule has 1 aromatic carbocycles. The minimum atomic E-state index is 0.551. The van der Waals surface area contributed by atoms with Gasteiger partial charge in [0.15, 0.2) is 0 Å². The number of benzene rings is 1. The van der Waals surface area contributed by atoms with Gasteiger partial charge in [-0.15, -0.1) is 0 Å². The third-order valence-electron chi connectivity index (χ3n) is 4.24. The van der Waals surface area contributed by atoms with Crippen molar-refractivity contribution in [2.24, 2.45) is 0 Å². The molecule has 0 aromatic heterocycles. The molecule has 0 heterocycles. The molecule has 0 aliphatic rings. The van der Waals surface area contributed by atoms with Crippen molar-refractivity contribution in [1.82, 2.24) is 0 Å². The van der Waals surface area contributed by atoms with E-state index < -0.39 is 0 Å². The van der Waals surface area contributed by atoms with Crippen LogP contribution in [0.4, 0.5) is 0 Å². The maximum atomic E-state index is 5.55. The van der Waals surface area contributed by atoms with Crippen LogP contribution >= 0.6 is 0 Å². The zero-order chi connectivity index (χ0) is 22.1. The molecule has 0 saturated heterocycles. The van der Waals surface area contributed by atoms with Gasteiger partial charge in [-0.2, -0.15) is 0 Å². The summed E-state index contributed by atoms with van der Waals surface area (Å²) in [6.45, 7) is 10.5. The van der Waals surface area contributed by atoms with E-state index in [9.17, 15) is 0 Å². The molecule has 7 nitrogen and oxygen atoms in total. The second-order valence-electron chi connectivity index (χ2n) is 6.92. The van der Waals surface area contributed by atoms with Crippen molar-refractivity contribution in [3.8, 4) is 0 Å². The summed E-state index contributed by atoms with van der Waals surface area (Å²) in [4.78, 5) is 0. The summed E-state index contributed by atoms with van der Waals surface area (Å²) >= 11 is 0. The van der Waals surface area contributed by atoms with Gasteiger partial charge in [0.2, 0.25) is 0 Å². The highest BCUT2D eigenvalue weighted by Gasteiger charge is 1.95. The lowest BCUT2D eigenvalue weighted by molar-refractivity contribution is -0.0212. The van der Waals surface area contributed by atoms with E-state index in [4.69, 9.17) is 33.2 Å². The molecule has 0 radical (unpaired) electrons. The van der Waals surface area contributed by atoms with Crippen molar-refractivity contribution in [2.75, 3.05) is 85.9 Å². The topological polar surface area (TPSA) is 64.6 Å². The Morgan fingerprint density at radius 3 is 1.26 bits per heavy atom. The predicted octanol–water partition coefficient (Wildman–Crippen LogP) is 3.49. The lowest BCUT2D eigenvalue weighted by atomic mass is 10.2. The fourth-order valence-corrected chi connectivity index (χ4v) is 2.54. The molecule has 180 valence electrons. The van der Waals surface area contributed by atoms with Gasteiger partial charge in [0.25, 0.3) is 0 Å². The van der Waals surface area contributed by atoms with Crippen LogP contribution in [0.15, 0.2) is 30.3 Å². The van der Waals surface area contributed by atoms with Gasteiger partial charge in [-0.1, -0.05) is 50.1 Å². The molecule has 0 saturated carbocycles. The Hall–Kier alpha value is -1.06. The van der Waals surface area contributed by atoms with Crippen LogP contribution in [0.5, 0.6) is 0 Å². The summed E-state index contributed by atoms with van der Waals surface area (Å²) in [5, 5.41) is 0. The van der Waals surface area contributed by atoms with E-state index in [0.717, 1.165) is 13.0 Å². The first-order chi connectivity index (χ1) is 15.4. The standard InChI is InChI=1S/C24H42O7/c1-2-3-7-10-25-11-12-26-13-14-27-15-16-28-17-18-29-19-20-30-21-22-31-23-24-8-5-4-6-9-24/h4-6,8-9H,2-3,7,10-23H2,1H3. The Morgan fingerprint density at radius 2 is 0.839 bits per heavy atom. The number of ether oxygens (including phenoxy) is 7. The molecule has 0 N–H and O–H groups in total. The SMILES string of the molecule is CCCCCOCCOCCOCCOCCOCCOCCOCc1ccccc1. The zero-order valence-electron chi connectivity index (χ0n) is 19.3. The van der Waals surface area contributed by atoms with E-state index in [0.29, 0.717) is 85.9 Å². The average Bonchev–Trinajstić information content (AvgIpc) is 2.80. The van der Waals surface area contributed by atoms with Crippen LogP contribution in [0.1, 0.15) is 31.7 Å². The molecule has 0 spiro atoms. The number of rotatable bonds is 24. The van der Waals surface area contributed by atoms with E-state index >= 15 is 0 Å². The Bertz CT molecular complexity index is 459. The fraction of sp³-hybridized carbons (Fsp3) is 0.750. The van der Waals surface area contributed by atoms with Crippen molar-refractivity contribution >= 4 is 0 Å². The minimum Gasteiger partial charge on any atom is -0.379 e. The zero-order valence-corrected chi connectivity index (χ0v) is 19.3. The lowest BCUT2D eigenvalue weighted by Crippen LogP contribution is -2.14. The van der Waals surface area contributed by atoms with Gasteiger partial charge < -0.3 is 33.2 Å². The van der Waals surface area contributed by atoms with Gasteiger partial charge >= 0.3 is 0 Å². The van der Waals surface area contributed by atoms with Gasteiger partial charge in [0.1, 0.15) is 0 Å². The van der Waals surface area contributed by atoms with Crippen LogP contribution in [0.2, 0.25) is 0 Å². The number of unbranched alkanes of at least 4 members (excludes halogenated alkanes) is 2. The van der Waals surface area contributed by atoms with Crippen molar-refractivity contribution in [2.45, 2.75) is 32.8 Å². The first-order valence-corrected chi connectivity index (χ1v) is 11.5. The van der Waals surface area contributed by atoms with Gasteiger partial charge in [-0.05, 0) is 12.0 Å². The summed E-state index contributed by atoms with van der Waals surface area (Å²) in [7, 11) is 0. The Morgan fingerprint density at radius 1 is 0.452 bits per heavy atom. The molecule has 0 amide bonds. The monoisotopic (exact) mass is 442 g/mol. The molecule has 0 atom stereocenters. The van der Waals surface area contributed by atoms with Crippen LogP contribution in [0.25, 0.3) is 0 Å². The molecular formula is C24H42O7.